The topological polar surface area (TPSA) is 49.9 Å². The van der Waals surface area contributed by atoms with Crippen LogP contribution in [0, 0.1) is 0 Å². The standard InChI is InChI=1S/C14H16Cl2N2O3/c1-10(19)18(13-8-11(15)2-3-12(13)16)9-14(20)17-4-6-21-7-5-17/h2-3,8H,4-7,9H2,1H3. The Morgan fingerprint density at radius 1 is 1.29 bits per heavy atom. The van der Waals surface area contributed by atoms with E-state index in [9.17, 15) is 9.59 Å². The first-order valence-corrected chi connectivity index (χ1v) is 7.33. The summed E-state index contributed by atoms with van der Waals surface area (Å²) in [6, 6.07) is 4.82. The Morgan fingerprint density at radius 3 is 2.57 bits per heavy atom. The van der Waals surface area contributed by atoms with E-state index in [2.05, 4.69) is 0 Å². The highest BCUT2D eigenvalue weighted by Gasteiger charge is 2.23. The number of anilines is 1. The number of nitrogens with zero attached hydrogens (tertiary/aromatic N) is 2. The van der Waals surface area contributed by atoms with Crippen LogP contribution in [0.15, 0.2) is 18.2 Å². The first-order valence-electron chi connectivity index (χ1n) is 6.57. The third kappa shape index (κ3) is 4.09. The Morgan fingerprint density at radius 2 is 1.95 bits per heavy atom. The minimum absolute atomic E-state index is 0.0601. The molecule has 1 aromatic carbocycles. The first-order chi connectivity index (χ1) is 9.99. The fourth-order valence-corrected chi connectivity index (χ4v) is 2.49. The fraction of sp³-hybridized carbons (Fsp3) is 0.429. The van der Waals surface area contributed by atoms with Crippen LogP contribution in [-0.2, 0) is 14.3 Å². The van der Waals surface area contributed by atoms with Crippen LogP contribution in [0.4, 0.5) is 5.69 Å². The summed E-state index contributed by atoms with van der Waals surface area (Å²) in [5, 5.41) is 0.837. The Bertz CT molecular complexity index is 545. The Kier molecular flexibility index (Phi) is 5.45. The molecule has 0 unspecified atom stereocenters. The number of benzene rings is 1. The highest BCUT2D eigenvalue weighted by atomic mass is 35.5. The molecule has 1 heterocycles. The van der Waals surface area contributed by atoms with Gasteiger partial charge in [0.2, 0.25) is 11.8 Å². The van der Waals surface area contributed by atoms with Gasteiger partial charge in [-0.25, -0.2) is 0 Å². The molecule has 1 fully saturated rings. The van der Waals surface area contributed by atoms with Crippen molar-refractivity contribution in [2.24, 2.45) is 0 Å². The normalized spacial score (nSPS) is 14.9. The van der Waals surface area contributed by atoms with Crippen molar-refractivity contribution >= 4 is 40.7 Å². The van der Waals surface area contributed by atoms with Gasteiger partial charge in [-0.3, -0.25) is 9.59 Å². The van der Waals surface area contributed by atoms with E-state index in [1.54, 1.807) is 23.1 Å². The first kappa shape index (κ1) is 16.1. The number of ether oxygens (including phenoxy) is 1. The number of carbonyl (C=O) groups is 2. The average Bonchev–Trinajstić information content (AvgIpc) is 2.48. The van der Waals surface area contributed by atoms with E-state index in [0.29, 0.717) is 42.0 Å². The lowest BCUT2D eigenvalue weighted by Crippen LogP contribution is -2.47. The third-order valence-corrected chi connectivity index (χ3v) is 3.79. The summed E-state index contributed by atoms with van der Waals surface area (Å²) in [6.45, 7) is 3.44. The van der Waals surface area contributed by atoms with Crippen LogP contribution in [0.2, 0.25) is 10.0 Å². The molecular weight excluding hydrogens is 315 g/mol. The van der Waals surface area contributed by atoms with Gasteiger partial charge in [0.1, 0.15) is 6.54 Å². The molecule has 21 heavy (non-hydrogen) atoms. The lowest BCUT2D eigenvalue weighted by atomic mass is 10.2. The number of amides is 2. The minimum Gasteiger partial charge on any atom is -0.378 e. The number of carbonyl (C=O) groups excluding carboxylic acids is 2. The van der Waals surface area contributed by atoms with Gasteiger partial charge in [-0.05, 0) is 18.2 Å². The third-order valence-electron chi connectivity index (χ3n) is 3.24. The molecule has 0 radical (unpaired) electrons. The zero-order valence-electron chi connectivity index (χ0n) is 11.6. The summed E-state index contributed by atoms with van der Waals surface area (Å²) >= 11 is 12.0. The van der Waals surface area contributed by atoms with E-state index in [0.717, 1.165) is 0 Å². The van der Waals surface area contributed by atoms with Crippen LogP contribution in [0.25, 0.3) is 0 Å². The van der Waals surface area contributed by atoms with Crippen LogP contribution in [0.3, 0.4) is 0 Å². The maximum Gasteiger partial charge on any atom is 0.242 e. The van der Waals surface area contributed by atoms with Gasteiger partial charge in [0, 0.05) is 25.0 Å². The van der Waals surface area contributed by atoms with E-state index in [1.807, 2.05) is 0 Å². The quantitative estimate of drug-likeness (QED) is 0.853. The van der Waals surface area contributed by atoms with E-state index < -0.39 is 0 Å². The maximum atomic E-state index is 12.3. The van der Waals surface area contributed by atoms with E-state index in [-0.39, 0.29) is 18.4 Å². The van der Waals surface area contributed by atoms with Gasteiger partial charge in [-0.1, -0.05) is 23.2 Å². The predicted octanol–water partition coefficient (Wildman–Crippen LogP) is 2.21. The Labute approximate surface area is 133 Å². The van der Waals surface area contributed by atoms with Crippen molar-refractivity contribution in [2.45, 2.75) is 6.92 Å². The van der Waals surface area contributed by atoms with Crippen LogP contribution < -0.4 is 4.90 Å². The van der Waals surface area contributed by atoms with Crippen molar-refractivity contribution in [3.05, 3.63) is 28.2 Å². The molecule has 114 valence electrons. The monoisotopic (exact) mass is 330 g/mol. The highest BCUT2D eigenvalue weighted by molar-refractivity contribution is 6.35. The molecular formula is C14H16Cl2N2O3. The van der Waals surface area contributed by atoms with Gasteiger partial charge in [-0.15, -0.1) is 0 Å². The second-order valence-corrected chi connectivity index (χ2v) is 5.54. The summed E-state index contributed by atoms with van der Waals surface area (Å²) in [5.41, 5.74) is 0.443. The second-order valence-electron chi connectivity index (χ2n) is 4.69. The van der Waals surface area contributed by atoms with Gasteiger partial charge >= 0.3 is 0 Å². The molecule has 1 aliphatic rings. The van der Waals surface area contributed by atoms with Crippen LogP contribution >= 0.6 is 23.2 Å². The molecule has 1 saturated heterocycles. The fourth-order valence-electron chi connectivity index (χ4n) is 2.11. The van der Waals surface area contributed by atoms with E-state index >= 15 is 0 Å². The molecule has 2 rings (SSSR count). The molecule has 1 aliphatic heterocycles. The predicted molar refractivity (Wildman–Crippen MR) is 81.9 cm³/mol. The molecule has 0 bridgehead atoms. The molecule has 0 atom stereocenters. The van der Waals surface area contributed by atoms with Gasteiger partial charge in [0.25, 0.3) is 0 Å². The zero-order chi connectivity index (χ0) is 15.4. The molecule has 2 amide bonds. The smallest absolute Gasteiger partial charge is 0.242 e. The zero-order valence-corrected chi connectivity index (χ0v) is 13.2. The van der Waals surface area contributed by atoms with Gasteiger partial charge in [0.15, 0.2) is 0 Å². The van der Waals surface area contributed by atoms with Crippen molar-refractivity contribution in [3.63, 3.8) is 0 Å². The summed E-state index contributed by atoms with van der Waals surface area (Å²) in [7, 11) is 0. The molecule has 0 spiro atoms. The Hall–Kier alpha value is -1.30. The van der Waals surface area contributed by atoms with E-state index in [4.69, 9.17) is 27.9 Å². The highest BCUT2D eigenvalue weighted by Crippen LogP contribution is 2.29. The number of hydrogen-bond donors (Lipinski definition) is 0. The molecule has 0 aliphatic carbocycles. The van der Waals surface area contributed by atoms with Gasteiger partial charge in [0.05, 0.1) is 23.9 Å². The van der Waals surface area contributed by atoms with Gasteiger partial charge in [-0.2, -0.15) is 0 Å². The van der Waals surface area contributed by atoms with Crippen molar-refractivity contribution in [3.8, 4) is 0 Å². The minimum atomic E-state index is -0.263. The number of rotatable bonds is 3. The second kappa shape index (κ2) is 7.11. The summed E-state index contributed by atoms with van der Waals surface area (Å²) < 4.78 is 5.21. The molecule has 5 nitrogen and oxygen atoms in total. The average molecular weight is 331 g/mol. The van der Waals surface area contributed by atoms with Crippen molar-refractivity contribution in [2.75, 3.05) is 37.7 Å². The summed E-state index contributed by atoms with van der Waals surface area (Å²) in [5.74, 6) is -0.398. The van der Waals surface area contributed by atoms with Crippen molar-refractivity contribution < 1.29 is 14.3 Å². The van der Waals surface area contributed by atoms with Crippen LogP contribution in [-0.4, -0.2) is 49.6 Å². The van der Waals surface area contributed by atoms with Crippen molar-refractivity contribution in [1.82, 2.24) is 4.90 Å². The molecule has 0 aromatic heterocycles. The molecule has 0 N–H and O–H groups in total. The van der Waals surface area contributed by atoms with E-state index in [1.165, 1.54) is 11.8 Å². The lowest BCUT2D eigenvalue weighted by molar-refractivity contribution is -0.134. The van der Waals surface area contributed by atoms with Crippen LogP contribution in [0.1, 0.15) is 6.92 Å². The maximum absolute atomic E-state index is 12.3. The number of halogens is 2. The molecule has 7 heteroatoms. The molecule has 0 saturated carbocycles. The SMILES string of the molecule is CC(=O)N(CC(=O)N1CCOCC1)c1cc(Cl)ccc1Cl. The Balaban J connectivity index is 2.17. The summed E-state index contributed by atoms with van der Waals surface area (Å²) in [6.07, 6.45) is 0. The largest absolute Gasteiger partial charge is 0.378 e. The van der Waals surface area contributed by atoms with Crippen molar-refractivity contribution in [1.29, 1.82) is 0 Å². The van der Waals surface area contributed by atoms with Crippen LogP contribution in [0.5, 0.6) is 0 Å². The van der Waals surface area contributed by atoms with Gasteiger partial charge < -0.3 is 14.5 Å². The molecule has 1 aromatic rings. The number of hydrogen-bond acceptors (Lipinski definition) is 3. The number of morpholine rings is 1. The summed E-state index contributed by atoms with van der Waals surface area (Å²) in [4.78, 5) is 27.2. The lowest BCUT2D eigenvalue weighted by Gasteiger charge is -2.30.